The molecule has 0 aliphatic carbocycles. The van der Waals surface area contributed by atoms with Gasteiger partial charge in [0, 0.05) is 42.7 Å². The lowest BCUT2D eigenvalue weighted by molar-refractivity contribution is 0.200. The highest BCUT2D eigenvalue weighted by Crippen LogP contribution is 2.25. The van der Waals surface area contributed by atoms with Gasteiger partial charge in [0.25, 0.3) is 0 Å². The van der Waals surface area contributed by atoms with Crippen molar-refractivity contribution in [3.8, 4) is 0 Å². The number of carbonyl (C=O) groups is 1. The number of H-pyrrole nitrogens is 1. The van der Waals surface area contributed by atoms with Crippen LogP contribution in [0, 0.1) is 0 Å². The average molecular weight is 319 g/mol. The molecule has 0 bridgehead atoms. The van der Waals surface area contributed by atoms with E-state index in [1.54, 1.807) is 0 Å². The van der Waals surface area contributed by atoms with Crippen molar-refractivity contribution in [2.75, 3.05) is 13.1 Å². The Morgan fingerprint density at radius 1 is 1.00 bits per heavy atom. The summed E-state index contributed by atoms with van der Waals surface area (Å²) in [6.07, 6.45) is 1.78. The monoisotopic (exact) mass is 319 g/mol. The standard InChI is InChI=1S/C20H21N3O/c24-20(21-14-15-6-2-1-3-7-15)23-12-10-17-16-8-4-5-9-18(16)22-19(17)11-13-23/h1-9,22H,10-14H2,(H,21,24). The van der Waals surface area contributed by atoms with Crippen LogP contribution in [0.1, 0.15) is 16.8 Å². The van der Waals surface area contributed by atoms with Crippen LogP contribution in [0.2, 0.25) is 0 Å². The topological polar surface area (TPSA) is 48.1 Å². The van der Waals surface area contributed by atoms with Gasteiger partial charge in [0.05, 0.1) is 0 Å². The number of aromatic nitrogens is 1. The first-order chi connectivity index (χ1) is 11.8. The molecular weight excluding hydrogens is 298 g/mol. The number of nitrogens with zero attached hydrogens (tertiary/aromatic N) is 1. The van der Waals surface area contributed by atoms with Gasteiger partial charge in [-0.05, 0) is 23.6 Å². The molecule has 4 rings (SSSR count). The molecule has 1 aromatic heterocycles. The molecule has 4 nitrogen and oxygen atoms in total. The van der Waals surface area contributed by atoms with E-state index in [-0.39, 0.29) is 6.03 Å². The van der Waals surface area contributed by atoms with Gasteiger partial charge < -0.3 is 15.2 Å². The van der Waals surface area contributed by atoms with E-state index < -0.39 is 0 Å². The van der Waals surface area contributed by atoms with Crippen LogP contribution in [0.4, 0.5) is 4.79 Å². The Morgan fingerprint density at radius 3 is 2.62 bits per heavy atom. The summed E-state index contributed by atoms with van der Waals surface area (Å²) in [6, 6.07) is 18.5. The molecule has 3 aromatic rings. The third-order valence-electron chi connectivity index (χ3n) is 4.74. The van der Waals surface area contributed by atoms with Crippen LogP contribution in [-0.4, -0.2) is 29.0 Å². The predicted octanol–water partition coefficient (Wildman–Crippen LogP) is 3.48. The van der Waals surface area contributed by atoms with Crippen molar-refractivity contribution in [2.45, 2.75) is 19.4 Å². The molecule has 1 aliphatic rings. The van der Waals surface area contributed by atoms with Gasteiger partial charge in [0.1, 0.15) is 0 Å². The Hall–Kier alpha value is -2.75. The number of rotatable bonds is 2. The molecular formula is C20H21N3O. The molecule has 0 spiro atoms. The van der Waals surface area contributed by atoms with E-state index >= 15 is 0 Å². The third-order valence-corrected chi connectivity index (χ3v) is 4.74. The number of nitrogens with one attached hydrogen (secondary N) is 2. The summed E-state index contributed by atoms with van der Waals surface area (Å²) in [5, 5.41) is 4.32. The Kier molecular flexibility index (Phi) is 3.95. The minimum absolute atomic E-state index is 0.0216. The van der Waals surface area contributed by atoms with Crippen molar-refractivity contribution in [3.63, 3.8) is 0 Å². The predicted molar refractivity (Wildman–Crippen MR) is 96.0 cm³/mol. The number of carbonyl (C=O) groups excluding carboxylic acids is 1. The van der Waals surface area contributed by atoms with E-state index in [0.29, 0.717) is 6.54 Å². The lowest BCUT2D eigenvalue weighted by Gasteiger charge is -2.21. The first-order valence-electron chi connectivity index (χ1n) is 8.46. The summed E-state index contributed by atoms with van der Waals surface area (Å²) in [6.45, 7) is 2.08. The molecule has 4 heteroatoms. The summed E-state index contributed by atoms with van der Waals surface area (Å²) in [5.74, 6) is 0. The van der Waals surface area contributed by atoms with E-state index in [4.69, 9.17) is 0 Å². The minimum atomic E-state index is 0.0216. The fraction of sp³-hybridized carbons (Fsp3) is 0.250. The van der Waals surface area contributed by atoms with Gasteiger partial charge in [0.15, 0.2) is 0 Å². The van der Waals surface area contributed by atoms with E-state index in [0.717, 1.165) is 31.5 Å². The van der Waals surface area contributed by atoms with Crippen LogP contribution in [0.25, 0.3) is 10.9 Å². The van der Waals surface area contributed by atoms with Crippen molar-refractivity contribution < 1.29 is 4.79 Å². The second kappa shape index (κ2) is 6.40. The molecule has 0 radical (unpaired) electrons. The van der Waals surface area contributed by atoms with Crippen molar-refractivity contribution in [2.24, 2.45) is 0 Å². The highest BCUT2D eigenvalue weighted by atomic mass is 16.2. The van der Waals surface area contributed by atoms with Gasteiger partial charge in [-0.15, -0.1) is 0 Å². The maximum atomic E-state index is 12.5. The third kappa shape index (κ3) is 2.87. The second-order valence-electron chi connectivity index (χ2n) is 6.26. The fourth-order valence-electron chi connectivity index (χ4n) is 3.45. The van der Waals surface area contributed by atoms with E-state index in [9.17, 15) is 4.79 Å². The zero-order valence-corrected chi connectivity index (χ0v) is 13.6. The number of hydrogen-bond acceptors (Lipinski definition) is 1. The maximum absolute atomic E-state index is 12.5. The van der Waals surface area contributed by atoms with Gasteiger partial charge in [-0.1, -0.05) is 48.5 Å². The number of amides is 2. The molecule has 2 amide bonds. The second-order valence-corrected chi connectivity index (χ2v) is 6.26. The number of urea groups is 1. The summed E-state index contributed by atoms with van der Waals surface area (Å²) in [7, 11) is 0. The normalized spacial score (nSPS) is 14.2. The highest BCUT2D eigenvalue weighted by Gasteiger charge is 2.21. The average Bonchev–Trinajstić information content (AvgIpc) is 2.85. The zero-order chi connectivity index (χ0) is 16.4. The first-order valence-corrected chi connectivity index (χ1v) is 8.46. The lowest BCUT2D eigenvalue weighted by atomic mass is 10.1. The Bertz CT molecular complexity index is 854. The van der Waals surface area contributed by atoms with Crippen LogP contribution >= 0.6 is 0 Å². The molecule has 0 fully saturated rings. The van der Waals surface area contributed by atoms with Gasteiger partial charge in [-0.3, -0.25) is 0 Å². The molecule has 2 N–H and O–H groups in total. The van der Waals surface area contributed by atoms with Crippen molar-refractivity contribution in [1.82, 2.24) is 15.2 Å². The molecule has 0 unspecified atom stereocenters. The van der Waals surface area contributed by atoms with Crippen molar-refractivity contribution >= 4 is 16.9 Å². The van der Waals surface area contributed by atoms with Crippen LogP contribution in [0.3, 0.4) is 0 Å². The van der Waals surface area contributed by atoms with Gasteiger partial charge in [-0.25, -0.2) is 4.79 Å². The van der Waals surface area contributed by atoms with Crippen LogP contribution < -0.4 is 5.32 Å². The SMILES string of the molecule is O=C(NCc1ccccc1)N1CCc2[nH]c3ccccc3c2CC1. The summed E-state index contributed by atoms with van der Waals surface area (Å²) in [5.41, 5.74) is 4.96. The molecule has 24 heavy (non-hydrogen) atoms. The van der Waals surface area contributed by atoms with E-state index in [2.05, 4.69) is 34.6 Å². The quantitative estimate of drug-likeness (QED) is 0.746. The van der Waals surface area contributed by atoms with Crippen LogP contribution in [0.5, 0.6) is 0 Å². The first kappa shape index (κ1) is 14.8. The molecule has 0 saturated heterocycles. The summed E-state index contributed by atoms with van der Waals surface area (Å²) >= 11 is 0. The number of para-hydroxylation sites is 1. The zero-order valence-electron chi connectivity index (χ0n) is 13.6. The lowest BCUT2D eigenvalue weighted by Crippen LogP contribution is -2.41. The van der Waals surface area contributed by atoms with Crippen LogP contribution in [0.15, 0.2) is 54.6 Å². The van der Waals surface area contributed by atoms with Crippen molar-refractivity contribution in [1.29, 1.82) is 0 Å². The Morgan fingerprint density at radius 2 is 1.75 bits per heavy atom. The van der Waals surface area contributed by atoms with Gasteiger partial charge in [0.2, 0.25) is 0 Å². The molecule has 122 valence electrons. The van der Waals surface area contributed by atoms with Crippen LogP contribution in [-0.2, 0) is 19.4 Å². The Labute approximate surface area is 141 Å². The number of hydrogen-bond donors (Lipinski definition) is 2. The molecule has 2 aromatic carbocycles. The molecule has 0 atom stereocenters. The highest BCUT2D eigenvalue weighted by molar-refractivity contribution is 5.85. The van der Waals surface area contributed by atoms with Crippen molar-refractivity contribution in [3.05, 3.63) is 71.4 Å². The van der Waals surface area contributed by atoms with E-state index in [1.807, 2.05) is 35.2 Å². The van der Waals surface area contributed by atoms with E-state index in [1.165, 1.54) is 22.2 Å². The fourth-order valence-corrected chi connectivity index (χ4v) is 3.45. The van der Waals surface area contributed by atoms with Gasteiger partial charge in [-0.2, -0.15) is 0 Å². The minimum Gasteiger partial charge on any atom is -0.358 e. The smallest absolute Gasteiger partial charge is 0.317 e. The number of fused-ring (bicyclic) bond motifs is 3. The number of benzene rings is 2. The largest absolute Gasteiger partial charge is 0.358 e. The summed E-state index contributed by atoms with van der Waals surface area (Å²) in [4.78, 5) is 17.9. The Balaban J connectivity index is 1.42. The maximum Gasteiger partial charge on any atom is 0.317 e. The van der Waals surface area contributed by atoms with Gasteiger partial charge >= 0.3 is 6.03 Å². The summed E-state index contributed by atoms with van der Waals surface area (Å²) < 4.78 is 0. The molecule has 2 heterocycles. The molecule has 1 aliphatic heterocycles. The number of aromatic amines is 1. The molecule has 0 saturated carbocycles.